The Morgan fingerprint density at radius 3 is 2.03 bits per heavy atom. The first-order chi connectivity index (χ1) is 17.8. The van der Waals surface area contributed by atoms with Crippen molar-refractivity contribution < 1.29 is 20.1 Å². The Morgan fingerprint density at radius 1 is 0.711 bits per heavy atom. The minimum Gasteiger partial charge on any atom is -0.304 e. The van der Waals surface area contributed by atoms with Gasteiger partial charge >= 0.3 is 0 Å². The third-order valence-corrected chi connectivity index (χ3v) is 9.61. The van der Waals surface area contributed by atoms with Gasteiger partial charge in [0.15, 0.2) is 0 Å². The van der Waals surface area contributed by atoms with Gasteiger partial charge in [0.2, 0.25) is 0 Å². The second kappa shape index (κ2) is 11.8. The zero-order chi connectivity index (χ0) is 26.0. The standard InChI is InChI=1S/C21H20NSSi.C12H10N.Ir/c1-14-8-10-19(22-13-14)17-7-5-6-16-18-12-15(24(2,3)4)9-11-20(18)23-21(16)17;1-10-7-8-12(13-9-10)11-5-3-2-4-6-11;/h5-6,8-13H,1-4H3;2-5,7-9H,1H3;/q2*-1;. The van der Waals surface area contributed by atoms with Gasteiger partial charge in [-0.3, -0.25) is 0 Å². The molecule has 0 unspecified atom stereocenters. The monoisotopic (exact) mass is 707 g/mol. The number of pyridine rings is 2. The number of nitrogens with zero attached hydrogens (tertiary/aromatic N) is 2. The van der Waals surface area contributed by atoms with E-state index in [0.717, 1.165) is 22.5 Å². The molecular weight excluding hydrogens is 677 g/mol. The molecule has 1 radical (unpaired) electrons. The fourth-order valence-corrected chi connectivity index (χ4v) is 6.54. The fraction of sp³-hybridized carbons (Fsp3) is 0.152. The van der Waals surface area contributed by atoms with E-state index >= 15 is 0 Å². The smallest absolute Gasteiger partial charge is 0.0776 e. The quantitative estimate of drug-likeness (QED) is 0.136. The van der Waals surface area contributed by atoms with Gasteiger partial charge in [0.25, 0.3) is 0 Å². The van der Waals surface area contributed by atoms with E-state index in [1.807, 2.05) is 67.1 Å². The van der Waals surface area contributed by atoms with Crippen molar-refractivity contribution in [2.75, 3.05) is 0 Å². The van der Waals surface area contributed by atoms with Gasteiger partial charge in [0.1, 0.15) is 0 Å². The Kier molecular flexibility index (Phi) is 8.74. The first-order valence-corrected chi connectivity index (χ1v) is 16.8. The van der Waals surface area contributed by atoms with Gasteiger partial charge in [-0.25, -0.2) is 0 Å². The van der Waals surface area contributed by atoms with Crippen molar-refractivity contribution in [2.45, 2.75) is 33.5 Å². The molecule has 0 bridgehead atoms. The van der Waals surface area contributed by atoms with E-state index in [-0.39, 0.29) is 20.1 Å². The molecule has 5 heteroatoms. The molecule has 3 aromatic carbocycles. The minimum atomic E-state index is -1.31. The SMILES string of the molecule is Cc1ccc(-c2[c-]ccc3c2sc2ccc([Si](C)(C)C)cc23)nc1.Cc1ccc(-c2[c-]cccc2)nc1.[Ir]. The van der Waals surface area contributed by atoms with Crippen molar-refractivity contribution in [3.8, 4) is 22.5 Å². The van der Waals surface area contributed by atoms with Crippen molar-refractivity contribution in [3.63, 3.8) is 0 Å². The predicted molar refractivity (Wildman–Crippen MR) is 162 cm³/mol. The molecule has 0 fully saturated rings. The summed E-state index contributed by atoms with van der Waals surface area (Å²) < 4.78 is 2.64. The van der Waals surface area contributed by atoms with Crippen LogP contribution >= 0.6 is 11.3 Å². The summed E-state index contributed by atoms with van der Waals surface area (Å²) in [5.74, 6) is 0. The summed E-state index contributed by atoms with van der Waals surface area (Å²) in [7, 11) is -1.31. The second-order valence-corrected chi connectivity index (χ2v) is 16.5. The van der Waals surface area contributed by atoms with Gasteiger partial charge < -0.3 is 9.97 Å². The van der Waals surface area contributed by atoms with E-state index in [1.165, 1.54) is 36.5 Å². The van der Waals surface area contributed by atoms with E-state index in [4.69, 9.17) is 0 Å². The summed E-state index contributed by atoms with van der Waals surface area (Å²) >= 11 is 1.85. The van der Waals surface area contributed by atoms with Crippen molar-refractivity contribution in [2.24, 2.45) is 0 Å². The summed E-state index contributed by atoms with van der Waals surface area (Å²) in [5.41, 5.74) is 6.50. The van der Waals surface area contributed by atoms with E-state index in [2.05, 4.69) is 91.1 Å². The van der Waals surface area contributed by atoms with Crippen LogP contribution in [0.2, 0.25) is 19.6 Å². The maximum atomic E-state index is 4.61. The first kappa shape index (κ1) is 28.1. The van der Waals surface area contributed by atoms with Gasteiger partial charge in [-0.05, 0) is 52.5 Å². The predicted octanol–water partition coefficient (Wildman–Crippen LogP) is 8.63. The van der Waals surface area contributed by atoms with Crippen molar-refractivity contribution in [3.05, 3.63) is 115 Å². The molecule has 3 heterocycles. The third-order valence-electron chi connectivity index (χ3n) is 6.36. The molecule has 0 saturated carbocycles. The Morgan fingerprint density at radius 2 is 1.42 bits per heavy atom. The Balaban J connectivity index is 0.000000204. The number of rotatable bonds is 3. The van der Waals surface area contributed by atoms with Gasteiger partial charge in [-0.2, -0.15) is 11.3 Å². The molecule has 6 aromatic rings. The van der Waals surface area contributed by atoms with Gasteiger partial charge in [-0.1, -0.05) is 66.6 Å². The molecule has 0 aliphatic carbocycles. The molecule has 0 atom stereocenters. The average Bonchev–Trinajstić information content (AvgIpc) is 3.28. The molecule has 0 amide bonds. The van der Waals surface area contributed by atoms with Crippen LogP contribution in [0.3, 0.4) is 0 Å². The van der Waals surface area contributed by atoms with Crippen LogP contribution in [0.15, 0.2) is 91.3 Å². The minimum absolute atomic E-state index is 0. The van der Waals surface area contributed by atoms with E-state index in [9.17, 15) is 0 Å². The first-order valence-electron chi connectivity index (χ1n) is 12.5. The maximum absolute atomic E-state index is 4.61. The molecule has 0 aliphatic rings. The number of aryl methyl sites for hydroxylation is 2. The number of fused-ring (bicyclic) bond motifs is 3. The molecule has 2 nitrogen and oxygen atoms in total. The van der Waals surface area contributed by atoms with Crippen LogP contribution in [0, 0.1) is 26.0 Å². The van der Waals surface area contributed by atoms with Crippen LogP contribution in [0.25, 0.3) is 42.7 Å². The van der Waals surface area contributed by atoms with E-state index < -0.39 is 8.07 Å². The normalized spacial score (nSPS) is 11.1. The van der Waals surface area contributed by atoms with Crippen LogP contribution < -0.4 is 5.19 Å². The summed E-state index contributed by atoms with van der Waals surface area (Å²) in [6, 6.07) is 33.9. The number of hydrogen-bond donors (Lipinski definition) is 0. The molecule has 0 aliphatic heterocycles. The zero-order valence-corrected chi connectivity index (χ0v) is 26.5. The maximum Gasteiger partial charge on any atom is 0.0776 e. The van der Waals surface area contributed by atoms with Crippen LogP contribution in [0.1, 0.15) is 11.1 Å². The van der Waals surface area contributed by atoms with E-state index in [0.29, 0.717) is 0 Å². The Hall–Kier alpha value is -2.95. The Labute approximate surface area is 244 Å². The van der Waals surface area contributed by atoms with Crippen molar-refractivity contribution in [1.29, 1.82) is 0 Å². The molecule has 38 heavy (non-hydrogen) atoms. The van der Waals surface area contributed by atoms with Crippen molar-refractivity contribution >= 4 is 44.8 Å². The summed E-state index contributed by atoms with van der Waals surface area (Å²) in [5, 5.41) is 4.21. The number of benzene rings is 3. The Bertz CT molecular complexity index is 1650. The number of hydrogen-bond acceptors (Lipinski definition) is 3. The number of thiophene rings is 1. The third kappa shape index (κ3) is 6.19. The average molecular weight is 707 g/mol. The molecule has 0 N–H and O–H groups in total. The van der Waals surface area contributed by atoms with Crippen molar-refractivity contribution in [1.82, 2.24) is 9.97 Å². The van der Waals surface area contributed by atoms with Crippen LogP contribution in [0.4, 0.5) is 0 Å². The molecule has 0 spiro atoms. The van der Waals surface area contributed by atoms with Crippen LogP contribution in [-0.2, 0) is 20.1 Å². The molecule has 193 valence electrons. The fourth-order valence-electron chi connectivity index (χ4n) is 4.19. The molecule has 6 rings (SSSR count). The molecule has 0 saturated heterocycles. The van der Waals surface area contributed by atoms with Crippen LogP contribution in [0.5, 0.6) is 0 Å². The van der Waals surface area contributed by atoms with Crippen LogP contribution in [-0.4, -0.2) is 18.0 Å². The van der Waals surface area contributed by atoms with Gasteiger partial charge in [0.05, 0.1) is 8.07 Å². The number of aromatic nitrogens is 2. The summed E-state index contributed by atoms with van der Waals surface area (Å²) in [6.07, 6.45) is 3.80. The molecule has 3 aromatic heterocycles. The second-order valence-electron chi connectivity index (χ2n) is 10.4. The van der Waals surface area contributed by atoms with Gasteiger partial charge in [-0.15, -0.1) is 59.7 Å². The van der Waals surface area contributed by atoms with Gasteiger partial charge in [0, 0.05) is 37.2 Å². The largest absolute Gasteiger partial charge is 0.304 e. The summed E-state index contributed by atoms with van der Waals surface area (Å²) in [6.45, 7) is 11.3. The topological polar surface area (TPSA) is 25.8 Å². The zero-order valence-electron chi connectivity index (χ0n) is 22.3. The molecular formula is C33H30IrN2SSi-2. The summed E-state index contributed by atoms with van der Waals surface area (Å²) in [4.78, 5) is 8.93. The van der Waals surface area contributed by atoms with E-state index in [1.54, 1.807) is 0 Å².